The molecule has 0 unspecified atom stereocenters. The summed E-state index contributed by atoms with van der Waals surface area (Å²) in [4.78, 5) is 13.5. The van der Waals surface area contributed by atoms with E-state index >= 15 is 0 Å². The van der Waals surface area contributed by atoms with Crippen molar-refractivity contribution >= 4 is 5.97 Å². The first kappa shape index (κ1) is 8.55. The quantitative estimate of drug-likeness (QED) is 0.758. The normalized spacial score (nSPS) is 10.4. The number of aryl methyl sites for hydroxylation is 1. The van der Waals surface area contributed by atoms with Gasteiger partial charge in [0.25, 0.3) is 0 Å². The molecule has 2 rings (SSSR count). The van der Waals surface area contributed by atoms with Gasteiger partial charge in [0.05, 0.1) is 17.5 Å². The number of nitrogens with zero attached hydrogens (tertiary/aromatic N) is 1. The Kier molecular flexibility index (Phi) is 1.85. The lowest BCUT2D eigenvalue weighted by molar-refractivity contribution is 0.0690. The Balaban J connectivity index is 2.48. The third-order valence-corrected chi connectivity index (χ3v) is 1.97. The number of hydrogen-bond donors (Lipinski definition) is 2. The molecule has 0 fully saturated rings. The molecular formula is C9H8N2O3. The third-order valence-electron chi connectivity index (χ3n) is 1.97. The topological polar surface area (TPSA) is 79.1 Å². The Bertz CT molecular complexity index is 456. The van der Waals surface area contributed by atoms with Crippen LogP contribution in [0.1, 0.15) is 16.1 Å². The highest BCUT2D eigenvalue weighted by Gasteiger charge is 2.12. The van der Waals surface area contributed by atoms with Crippen molar-refractivity contribution in [3.63, 3.8) is 0 Å². The molecule has 0 spiro atoms. The summed E-state index contributed by atoms with van der Waals surface area (Å²) < 4.78 is 4.66. The van der Waals surface area contributed by atoms with Gasteiger partial charge in [-0.15, -0.1) is 0 Å². The zero-order chi connectivity index (χ0) is 10.1. The van der Waals surface area contributed by atoms with E-state index in [2.05, 4.69) is 14.7 Å². The number of nitrogens with one attached hydrogen (secondary N) is 1. The maximum atomic E-state index is 10.7. The average molecular weight is 192 g/mol. The Morgan fingerprint density at radius 3 is 2.93 bits per heavy atom. The second kappa shape index (κ2) is 3.02. The van der Waals surface area contributed by atoms with Crippen LogP contribution in [0, 0.1) is 6.92 Å². The number of aromatic carboxylic acids is 1. The molecule has 5 nitrogen and oxygen atoms in total. The summed E-state index contributed by atoms with van der Waals surface area (Å²) in [6, 6.07) is 1.75. The van der Waals surface area contributed by atoms with E-state index in [0.29, 0.717) is 11.3 Å². The van der Waals surface area contributed by atoms with Gasteiger partial charge in [-0.1, -0.05) is 5.16 Å². The molecule has 0 atom stereocenters. The second-order valence-corrected chi connectivity index (χ2v) is 2.96. The van der Waals surface area contributed by atoms with Gasteiger partial charge in [0, 0.05) is 0 Å². The summed E-state index contributed by atoms with van der Waals surface area (Å²) in [7, 11) is 0. The predicted molar refractivity (Wildman–Crippen MR) is 48.0 cm³/mol. The number of H-pyrrole nitrogens is 1. The van der Waals surface area contributed by atoms with Crippen molar-refractivity contribution in [2.45, 2.75) is 6.92 Å². The summed E-state index contributed by atoms with van der Waals surface area (Å²) >= 11 is 0. The molecule has 0 aliphatic rings. The first-order valence-corrected chi connectivity index (χ1v) is 4.01. The molecule has 72 valence electrons. The molecule has 5 heteroatoms. The van der Waals surface area contributed by atoms with Crippen molar-refractivity contribution in [1.82, 2.24) is 10.1 Å². The van der Waals surface area contributed by atoms with E-state index < -0.39 is 5.97 Å². The molecule has 0 radical (unpaired) electrons. The van der Waals surface area contributed by atoms with Gasteiger partial charge >= 0.3 is 5.97 Å². The molecule has 2 heterocycles. The number of aromatic nitrogens is 2. The maximum absolute atomic E-state index is 10.7. The predicted octanol–water partition coefficient (Wildman–Crippen LogP) is 1.68. The Labute approximate surface area is 79.3 Å². The van der Waals surface area contributed by atoms with Gasteiger partial charge in [-0.05, 0) is 18.6 Å². The minimum Gasteiger partial charge on any atom is -0.477 e. The smallest absolute Gasteiger partial charge is 0.352 e. The van der Waals surface area contributed by atoms with Gasteiger partial charge in [0.15, 0.2) is 0 Å². The zero-order valence-corrected chi connectivity index (χ0v) is 7.44. The molecule has 0 saturated heterocycles. The van der Waals surface area contributed by atoms with Crippen LogP contribution < -0.4 is 0 Å². The monoisotopic (exact) mass is 192 g/mol. The van der Waals surface area contributed by atoms with Crippen LogP contribution in [0.4, 0.5) is 0 Å². The minimum absolute atomic E-state index is 0.196. The molecule has 0 saturated carbocycles. The number of carboxylic acid groups (broad SMARTS) is 1. The van der Waals surface area contributed by atoms with Gasteiger partial charge in [-0.3, -0.25) is 0 Å². The molecule has 0 aromatic carbocycles. The second-order valence-electron chi connectivity index (χ2n) is 2.96. The van der Waals surface area contributed by atoms with E-state index in [9.17, 15) is 4.79 Å². The van der Waals surface area contributed by atoms with Crippen molar-refractivity contribution in [3.8, 4) is 11.3 Å². The molecule has 0 aliphatic carbocycles. The number of carboxylic acids is 1. The van der Waals surface area contributed by atoms with Crippen LogP contribution in [-0.4, -0.2) is 21.2 Å². The van der Waals surface area contributed by atoms with E-state index in [1.807, 2.05) is 0 Å². The van der Waals surface area contributed by atoms with E-state index in [1.54, 1.807) is 13.0 Å². The minimum atomic E-state index is -0.967. The van der Waals surface area contributed by atoms with E-state index in [4.69, 9.17) is 5.11 Å². The summed E-state index contributed by atoms with van der Waals surface area (Å²) in [6.07, 6.45) is 2.98. The van der Waals surface area contributed by atoms with Gasteiger partial charge in [0.1, 0.15) is 12.0 Å². The molecule has 2 N–H and O–H groups in total. The SMILES string of the molecule is Cc1cc(-c2cnoc2)[nH]c1C(=O)O. The van der Waals surface area contributed by atoms with Crippen molar-refractivity contribution in [2.75, 3.05) is 0 Å². The van der Waals surface area contributed by atoms with E-state index in [0.717, 1.165) is 5.56 Å². The summed E-state index contributed by atoms with van der Waals surface area (Å²) in [5.74, 6) is -0.967. The standard InChI is InChI=1S/C9H8N2O3/c1-5-2-7(6-3-10-14-4-6)11-8(5)9(12)13/h2-4,11H,1H3,(H,12,13). The van der Waals surface area contributed by atoms with Gasteiger partial charge < -0.3 is 14.6 Å². The highest BCUT2D eigenvalue weighted by molar-refractivity contribution is 5.88. The molecule has 0 bridgehead atoms. The molecule has 2 aromatic heterocycles. The average Bonchev–Trinajstić information content (AvgIpc) is 2.70. The highest BCUT2D eigenvalue weighted by Crippen LogP contribution is 2.20. The lowest BCUT2D eigenvalue weighted by atomic mass is 10.2. The lowest BCUT2D eigenvalue weighted by Gasteiger charge is -1.89. The van der Waals surface area contributed by atoms with Crippen LogP contribution >= 0.6 is 0 Å². The number of rotatable bonds is 2. The van der Waals surface area contributed by atoms with Crippen LogP contribution in [0.25, 0.3) is 11.3 Å². The van der Waals surface area contributed by atoms with Gasteiger partial charge in [0.2, 0.25) is 0 Å². The summed E-state index contributed by atoms with van der Waals surface area (Å²) in [5, 5.41) is 12.3. The number of carbonyl (C=O) groups is 1. The van der Waals surface area contributed by atoms with E-state index in [1.165, 1.54) is 12.5 Å². The van der Waals surface area contributed by atoms with Crippen molar-refractivity contribution in [3.05, 3.63) is 29.8 Å². The van der Waals surface area contributed by atoms with Crippen molar-refractivity contribution in [1.29, 1.82) is 0 Å². The van der Waals surface area contributed by atoms with Gasteiger partial charge in [-0.25, -0.2) is 4.79 Å². The summed E-state index contributed by atoms with van der Waals surface area (Å²) in [5.41, 5.74) is 2.32. The molecule has 0 amide bonds. The third kappa shape index (κ3) is 1.28. The highest BCUT2D eigenvalue weighted by atomic mass is 16.5. The molecule has 2 aromatic rings. The fourth-order valence-electron chi connectivity index (χ4n) is 1.27. The van der Waals surface area contributed by atoms with Crippen LogP contribution in [0.3, 0.4) is 0 Å². The Morgan fingerprint density at radius 2 is 2.43 bits per heavy atom. The largest absolute Gasteiger partial charge is 0.477 e. The number of aromatic amines is 1. The van der Waals surface area contributed by atoms with Crippen molar-refractivity contribution in [2.24, 2.45) is 0 Å². The van der Waals surface area contributed by atoms with Crippen LogP contribution in [-0.2, 0) is 0 Å². The van der Waals surface area contributed by atoms with Crippen molar-refractivity contribution < 1.29 is 14.4 Å². The van der Waals surface area contributed by atoms with Gasteiger partial charge in [-0.2, -0.15) is 0 Å². The Morgan fingerprint density at radius 1 is 1.64 bits per heavy atom. The number of hydrogen-bond acceptors (Lipinski definition) is 3. The molecule has 0 aliphatic heterocycles. The van der Waals surface area contributed by atoms with Crippen LogP contribution in [0.2, 0.25) is 0 Å². The maximum Gasteiger partial charge on any atom is 0.352 e. The van der Waals surface area contributed by atoms with E-state index in [-0.39, 0.29) is 5.69 Å². The lowest BCUT2D eigenvalue weighted by Crippen LogP contribution is -1.98. The van der Waals surface area contributed by atoms with Crippen LogP contribution in [0.5, 0.6) is 0 Å². The fraction of sp³-hybridized carbons (Fsp3) is 0.111. The summed E-state index contributed by atoms with van der Waals surface area (Å²) in [6.45, 7) is 1.73. The fourth-order valence-corrected chi connectivity index (χ4v) is 1.27. The Hall–Kier alpha value is -2.04. The first-order chi connectivity index (χ1) is 6.68. The molecular weight excluding hydrogens is 184 g/mol. The molecule has 14 heavy (non-hydrogen) atoms. The first-order valence-electron chi connectivity index (χ1n) is 4.01. The van der Waals surface area contributed by atoms with Crippen LogP contribution in [0.15, 0.2) is 23.0 Å². The zero-order valence-electron chi connectivity index (χ0n) is 7.44.